The molecular formula is C16H27BrN2O3S. The van der Waals surface area contributed by atoms with Gasteiger partial charge in [-0.1, -0.05) is 36.7 Å². The van der Waals surface area contributed by atoms with E-state index in [-0.39, 0.29) is 22.3 Å². The number of carbonyl (C=O) groups excluding carboxylic acids is 1. The number of hydrogen-bond donors (Lipinski definition) is 0. The SMILES string of the molecule is CCN1CCN(S(=O)(=O)C[C@]2(C)[C@@H]3CC[C@@]2(C)C(=O)[C@@H]3Br)CC1. The molecule has 7 heteroatoms. The molecular weight excluding hydrogens is 380 g/mol. The lowest BCUT2D eigenvalue weighted by Crippen LogP contribution is -2.52. The number of alkyl halides is 1. The number of rotatable bonds is 4. The highest BCUT2D eigenvalue weighted by atomic mass is 79.9. The summed E-state index contributed by atoms with van der Waals surface area (Å²) in [6.07, 6.45) is 1.75. The zero-order chi connectivity index (χ0) is 17.0. The number of sulfonamides is 1. The second kappa shape index (κ2) is 5.78. The molecule has 5 nitrogen and oxygen atoms in total. The molecule has 2 aliphatic carbocycles. The highest BCUT2D eigenvalue weighted by Crippen LogP contribution is 2.65. The molecule has 1 saturated heterocycles. The monoisotopic (exact) mass is 406 g/mol. The van der Waals surface area contributed by atoms with E-state index in [4.69, 9.17) is 0 Å². The van der Waals surface area contributed by atoms with Crippen molar-refractivity contribution in [2.24, 2.45) is 16.7 Å². The average Bonchev–Trinajstić information content (AvgIpc) is 2.83. The van der Waals surface area contributed by atoms with Gasteiger partial charge in [0.05, 0.1) is 10.6 Å². The Morgan fingerprint density at radius 3 is 2.30 bits per heavy atom. The van der Waals surface area contributed by atoms with Crippen molar-refractivity contribution in [1.82, 2.24) is 9.21 Å². The van der Waals surface area contributed by atoms with Crippen molar-refractivity contribution in [3.8, 4) is 0 Å². The number of halogens is 1. The maximum absolute atomic E-state index is 13.0. The zero-order valence-corrected chi connectivity index (χ0v) is 16.6. The quantitative estimate of drug-likeness (QED) is 0.666. The molecule has 0 amide bonds. The molecule has 0 aromatic rings. The van der Waals surface area contributed by atoms with Gasteiger partial charge in [0.2, 0.25) is 10.0 Å². The molecule has 23 heavy (non-hydrogen) atoms. The molecule has 0 radical (unpaired) electrons. The van der Waals surface area contributed by atoms with E-state index in [1.54, 1.807) is 4.31 Å². The molecule has 0 spiro atoms. The lowest BCUT2D eigenvalue weighted by molar-refractivity contribution is -0.127. The van der Waals surface area contributed by atoms with Crippen LogP contribution in [0.3, 0.4) is 0 Å². The summed E-state index contributed by atoms with van der Waals surface area (Å²) in [5, 5.41) is 0. The van der Waals surface area contributed by atoms with Gasteiger partial charge in [0.15, 0.2) is 5.78 Å². The van der Waals surface area contributed by atoms with E-state index in [0.717, 1.165) is 32.5 Å². The van der Waals surface area contributed by atoms with Gasteiger partial charge in [-0.25, -0.2) is 8.42 Å². The molecule has 1 aliphatic heterocycles. The highest BCUT2D eigenvalue weighted by Gasteiger charge is 2.68. The molecule has 4 atom stereocenters. The Balaban J connectivity index is 1.80. The number of likely N-dealkylation sites (N-methyl/N-ethyl adjacent to an activating group) is 1. The number of ketones is 1. The molecule has 1 heterocycles. The normalized spacial score (nSPS) is 42.5. The van der Waals surface area contributed by atoms with Crippen LogP contribution >= 0.6 is 15.9 Å². The van der Waals surface area contributed by atoms with Gasteiger partial charge in [0.1, 0.15) is 0 Å². The third-order valence-electron chi connectivity index (χ3n) is 6.84. The smallest absolute Gasteiger partial charge is 0.214 e. The first-order chi connectivity index (χ1) is 10.7. The Bertz CT molecular complexity index is 602. The van der Waals surface area contributed by atoms with Crippen LogP contribution in [0.25, 0.3) is 0 Å². The minimum atomic E-state index is -3.33. The van der Waals surface area contributed by atoms with Crippen LogP contribution in [0.15, 0.2) is 0 Å². The summed E-state index contributed by atoms with van der Waals surface area (Å²) in [6, 6.07) is 0. The van der Waals surface area contributed by atoms with Crippen molar-refractivity contribution in [3.05, 3.63) is 0 Å². The van der Waals surface area contributed by atoms with E-state index in [1.165, 1.54) is 0 Å². The van der Waals surface area contributed by atoms with Gasteiger partial charge < -0.3 is 4.90 Å². The number of nitrogens with zero attached hydrogens (tertiary/aromatic N) is 2. The summed E-state index contributed by atoms with van der Waals surface area (Å²) < 4.78 is 27.6. The summed E-state index contributed by atoms with van der Waals surface area (Å²) in [5.74, 6) is 0.426. The van der Waals surface area contributed by atoms with Crippen LogP contribution in [0.4, 0.5) is 0 Å². The molecule has 0 unspecified atom stereocenters. The average molecular weight is 407 g/mol. The van der Waals surface area contributed by atoms with E-state index in [2.05, 4.69) is 27.8 Å². The maximum atomic E-state index is 13.0. The first kappa shape index (κ1) is 17.8. The predicted octanol–water partition coefficient (Wildman–Crippen LogP) is 1.72. The van der Waals surface area contributed by atoms with E-state index >= 15 is 0 Å². The third-order valence-corrected chi connectivity index (χ3v) is 10.0. The van der Waals surface area contributed by atoms with Crippen LogP contribution < -0.4 is 0 Å². The number of fused-ring (bicyclic) bond motifs is 2. The maximum Gasteiger partial charge on any atom is 0.214 e. The zero-order valence-electron chi connectivity index (χ0n) is 14.2. The second-order valence-corrected chi connectivity index (χ2v) is 10.7. The van der Waals surface area contributed by atoms with Crippen LogP contribution in [-0.4, -0.2) is 66.7 Å². The van der Waals surface area contributed by atoms with Gasteiger partial charge in [-0.2, -0.15) is 4.31 Å². The lowest BCUT2D eigenvalue weighted by atomic mass is 9.70. The largest absolute Gasteiger partial charge is 0.301 e. The number of piperazine rings is 1. The molecule has 3 aliphatic rings. The van der Waals surface area contributed by atoms with Gasteiger partial charge in [-0.15, -0.1) is 0 Å². The Morgan fingerprint density at radius 1 is 1.22 bits per heavy atom. The van der Waals surface area contributed by atoms with E-state index in [0.29, 0.717) is 13.1 Å². The number of carbonyl (C=O) groups is 1. The van der Waals surface area contributed by atoms with E-state index < -0.39 is 20.9 Å². The fourth-order valence-electron chi connectivity index (χ4n) is 4.88. The fraction of sp³-hybridized carbons (Fsp3) is 0.938. The van der Waals surface area contributed by atoms with E-state index in [9.17, 15) is 13.2 Å². The summed E-state index contributed by atoms with van der Waals surface area (Å²) in [7, 11) is -3.33. The van der Waals surface area contributed by atoms with Crippen molar-refractivity contribution in [1.29, 1.82) is 0 Å². The van der Waals surface area contributed by atoms with Crippen molar-refractivity contribution in [2.75, 3.05) is 38.5 Å². The Hall–Kier alpha value is 0.0200. The Kier molecular flexibility index (Phi) is 4.48. The van der Waals surface area contributed by atoms with Gasteiger partial charge >= 0.3 is 0 Å². The van der Waals surface area contributed by atoms with Crippen molar-refractivity contribution < 1.29 is 13.2 Å². The van der Waals surface area contributed by atoms with Crippen LogP contribution in [-0.2, 0) is 14.8 Å². The van der Waals surface area contributed by atoms with Crippen molar-refractivity contribution >= 4 is 31.7 Å². The van der Waals surface area contributed by atoms with Gasteiger partial charge in [-0.05, 0) is 30.7 Å². The predicted molar refractivity (Wildman–Crippen MR) is 94.1 cm³/mol. The van der Waals surface area contributed by atoms with E-state index in [1.807, 2.05) is 13.8 Å². The van der Waals surface area contributed by atoms with Crippen LogP contribution in [0.1, 0.15) is 33.6 Å². The molecule has 0 aromatic heterocycles. The van der Waals surface area contributed by atoms with Crippen molar-refractivity contribution in [2.45, 2.75) is 38.4 Å². The third kappa shape index (κ3) is 2.53. The first-order valence-electron chi connectivity index (χ1n) is 8.54. The number of Topliss-reactive ketones (excluding diaryl/α,β-unsaturated/α-hetero) is 1. The molecule has 3 rings (SSSR count). The van der Waals surface area contributed by atoms with Gasteiger partial charge in [0, 0.05) is 31.6 Å². The van der Waals surface area contributed by atoms with Crippen LogP contribution in [0.2, 0.25) is 0 Å². The summed E-state index contributed by atoms with van der Waals surface area (Å²) in [5.41, 5.74) is -0.969. The summed E-state index contributed by atoms with van der Waals surface area (Å²) >= 11 is 3.53. The lowest BCUT2D eigenvalue weighted by Gasteiger charge is -2.39. The molecule has 132 valence electrons. The van der Waals surface area contributed by atoms with Crippen molar-refractivity contribution in [3.63, 3.8) is 0 Å². The summed E-state index contributed by atoms with van der Waals surface area (Å²) in [4.78, 5) is 14.7. The number of hydrogen-bond acceptors (Lipinski definition) is 4. The first-order valence-corrected chi connectivity index (χ1v) is 11.1. The van der Waals surface area contributed by atoms with Crippen LogP contribution in [0.5, 0.6) is 0 Å². The minimum Gasteiger partial charge on any atom is -0.301 e. The topological polar surface area (TPSA) is 57.7 Å². The fourth-order valence-corrected chi connectivity index (χ4v) is 8.42. The molecule has 2 bridgehead atoms. The Morgan fingerprint density at radius 2 is 1.83 bits per heavy atom. The van der Waals surface area contributed by atoms with Crippen LogP contribution in [0, 0.1) is 16.7 Å². The summed E-state index contributed by atoms with van der Waals surface area (Å²) in [6.45, 7) is 9.79. The second-order valence-electron chi connectivity index (χ2n) is 7.75. The standard InChI is InChI=1S/C16H27BrN2O3S/c1-4-18-7-9-19(10-8-18)23(21,22)11-16(3)12-5-6-15(16,2)14(20)13(12)17/h12-13H,4-11H2,1-3H3/t12-,13-,15+,16-/m1/s1. The highest BCUT2D eigenvalue weighted by molar-refractivity contribution is 9.10. The minimum absolute atomic E-state index is 0.0983. The molecule has 0 aromatic carbocycles. The van der Waals surface area contributed by atoms with Gasteiger partial charge in [-0.3, -0.25) is 4.79 Å². The molecule has 0 N–H and O–H groups in total. The van der Waals surface area contributed by atoms with Gasteiger partial charge in [0.25, 0.3) is 0 Å². The molecule has 2 saturated carbocycles. The Labute approximate surface area is 148 Å². The molecule has 3 fully saturated rings.